The van der Waals surface area contributed by atoms with Crippen LogP contribution in [0.2, 0.25) is 0 Å². The van der Waals surface area contributed by atoms with Crippen molar-refractivity contribution >= 4 is 17.2 Å². The Hall–Kier alpha value is -1.55. The molecule has 0 amide bonds. The van der Waals surface area contributed by atoms with Crippen LogP contribution in [-0.4, -0.2) is 42.9 Å². The van der Waals surface area contributed by atoms with Crippen LogP contribution in [0.25, 0.3) is 0 Å². The minimum absolute atomic E-state index is 0.0328. The first-order valence-corrected chi connectivity index (χ1v) is 7.54. The van der Waals surface area contributed by atoms with Gasteiger partial charge in [-0.1, -0.05) is 0 Å². The number of nitrogens with zero attached hydrogens (tertiary/aromatic N) is 2. The van der Waals surface area contributed by atoms with E-state index in [1.165, 1.54) is 32.4 Å². The molecular formula is C16H23N3O. The van der Waals surface area contributed by atoms with Gasteiger partial charge in [-0.15, -0.1) is 0 Å². The first kappa shape index (κ1) is 13.4. The molecule has 0 aromatic heterocycles. The van der Waals surface area contributed by atoms with E-state index in [9.17, 15) is 4.79 Å². The molecule has 2 fully saturated rings. The third kappa shape index (κ3) is 2.52. The predicted molar refractivity (Wildman–Crippen MR) is 82.3 cm³/mol. The van der Waals surface area contributed by atoms with E-state index < -0.39 is 0 Å². The molecule has 1 unspecified atom stereocenters. The number of benzene rings is 1. The topological polar surface area (TPSA) is 49.6 Å². The van der Waals surface area contributed by atoms with Crippen LogP contribution in [0.4, 0.5) is 11.4 Å². The Morgan fingerprint density at radius 1 is 1.25 bits per heavy atom. The molecule has 0 bridgehead atoms. The molecule has 1 atom stereocenters. The van der Waals surface area contributed by atoms with Crippen LogP contribution >= 0.6 is 0 Å². The van der Waals surface area contributed by atoms with Crippen LogP contribution in [-0.2, 0) is 0 Å². The first-order valence-electron chi connectivity index (χ1n) is 7.54. The molecule has 2 saturated heterocycles. The molecule has 1 aromatic carbocycles. The van der Waals surface area contributed by atoms with E-state index in [4.69, 9.17) is 5.73 Å². The van der Waals surface area contributed by atoms with Gasteiger partial charge in [0.2, 0.25) is 0 Å². The fourth-order valence-corrected chi connectivity index (χ4v) is 3.45. The number of Topliss-reactive ketones (excluding diaryl/α,β-unsaturated/α-hetero) is 1. The van der Waals surface area contributed by atoms with Crippen molar-refractivity contribution in [2.45, 2.75) is 32.2 Å². The number of carbonyl (C=O) groups excluding carboxylic acids is 1. The number of likely N-dealkylation sites (tertiary alicyclic amines) is 1. The Kier molecular flexibility index (Phi) is 3.66. The van der Waals surface area contributed by atoms with Gasteiger partial charge in [-0.3, -0.25) is 9.69 Å². The Balaban J connectivity index is 1.71. The van der Waals surface area contributed by atoms with Crippen molar-refractivity contribution in [2.24, 2.45) is 0 Å². The number of hydrogen-bond acceptors (Lipinski definition) is 4. The normalized spacial score (nSPS) is 23.4. The molecule has 4 nitrogen and oxygen atoms in total. The van der Waals surface area contributed by atoms with Crippen molar-refractivity contribution in [3.8, 4) is 0 Å². The zero-order valence-electron chi connectivity index (χ0n) is 12.1. The van der Waals surface area contributed by atoms with Crippen molar-refractivity contribution in [3.63, 3.8) is 0 Å². The minimum Gasteiger partial charge on any atom is -0.398 e. The van der Waals surface area contributed by atoms with Gasteiger partial charge in [0.15, 0.2) is 5.78 Å². The summed E-state index contributed by atoms with van der Waals surface area (Å²) in [5.41, 5.74) is 8.36. The smallest absolute Gasteiger partial charge is 0.161 e. The number of hydrogen-bond donors (Lipinski definition) is 1. The first-order chi connectivity index (χ1) is 9.65. The van der Waals surface area contributed by atoms with Crippen LogP contribution in [0, 0.1) is 0 Å². The van der Waals surface area contributed by atoms with Crippen molar-refractivity contribution in [1.29, 1.82) is 0 Å². The largest absolute Gasteiger partial charge is 0.398 e. The molecule has 2 aliphatic heterocycles. The Labute approximate surface area is 120 Å². The molecule has 0 radical (unpaired) electrons. The highest BCUT2D eigenvalue weighted by atomic mass is 16.1. The van der Waals surface area contributed by atoms with Crippen molar-refractivity contribution in [1.82, 2.24) is 4.90 Å². The molecule has 0 saturated carbocycles. The number of ketones is 1. The van der Waals surface area contributed by atoms with Gasteiger partial charge in [0.05, 0.1) is 0 Å². The van der Waals surface area contributed by atoms with E-state index >= 15 is 0 Å². The molecule has 1 aromatic rings. The average Bonchev–Trinajstić information content (AvgIpc) is 3.09. The van der Waals surface area contributed by atoms with E-state index in [0.29, 0.717) is 17.3 Å². The third-order valence-corrected chi connectivity index (χ3v) is 4.60. The summed E-state index contributed by atoms with van der Waals surface area (Å²) in [7, 11) is 0. The van der Waals surface area contributed by atoms with E-state index in [0.717, 1.165) is 18.8 Å². The fraction of sp³-hybridized carbons (Fsp3) is 0.562. The summed E-state index contributed by atoms with van der Waals surface area (Å²) in [6, 6.07) is 6.52. The lowest BCUT2D eigenvalue weighted by Gasteiger charge is -2.24. The average molecular weight is 273 g/mol. The van der Waals surface area contributed by atoms with Gasteiger partial charge >= 0.3 is 0 Å². The second kappa shape index (κ2) is 5.44. The number of carbonyl (C=O) groups is 1. The minimum atomic E-state index is 0.0328. The summed E-state index contributed by atoms with van der Waals surface area (Å²) >= 11 is 0. The van der Waals surface area contributed by atoms with Gasteiger partial charge in [0, 0.05) is 36.1 Å². The van der Waals surface area contributed by atoms with E-state index in [2.05, 4.69) is 9.80 Å². The van der Waals surface area contributed by atoms with Gasteiger partial charge in [-0.05, 0) is 57.5 Å². The summed E-state index contributed by atoms with van der Waals surface area (Å²) in [5, 5.41) is 0. The Morgan fingerprint density at radius 2 is 2.00 bits per heavy atom. The van der Waals surface area contributed by atoms with Crippen LogP contribution in [0.1, 0.15) is 36.5 Å². The van der Waals surface area contributed by atoms with Crippen LogP contribution in [0.3, 0.4) is 0 Å². The summed E-state index contributed by atoms with van der Waals surface area (Å²) in [4.78, 5) is 16.4. The number of rotatable bonds is 3. The zero-order chi connectivity index (χ0) is 14.1. The highest BCUT2D eigenvalue weighted by Crippen LogP contribution is 2.28. The highest BCUT2D eigenvalue weighted by Gasteiger charge is 2.29. The van der Waals surface area contributed by atoms with Gasteiger partial charge in [0.1, 0.15) is 0 Å². The molecule has 2 heterocycles. The molecule has 20 heavy (non-hydrogen) atoms. The van der Waals surface area contributed by atoms with Gasteiger partial charge in [0.25, 0.3) is 0 Å². The zero-order valence-corrected chi connectivity index (χ0v) is 12.1. The lowest BCUT2D eigenvalue weighted by molar-refractivity contribution is 0.101. The quantitative estimate of drug-likeness (QED) is 0.677. The standard InChI is InChI=1S/C16H23N3O/c1-12(20)15-5-4-13(10-16(15)17)19-9-6-14(11-19)18-7-2-3-8-18/h4-5,10,14H,2-3,6-9,11,17H2,1H3. The maximum absolute atomic E-state index is 11.4. The monoisotopic (exact) mass is 273 g/mol. The van der Waals surface area contributed by atoms with Gasteiger partial charge in [-0.25, -0.2) is 0 Å². The second-order valence-electron chi connectivity index (χ2n) is 5.96. The van der Waals surface area contributed by atoms with Crippen molar-refractivity contribution in [2.75, 3.05) is 36.8 Å². The second-order valence-corrected chi connectivity index (χ2v) is 5.96. The molecule has 2 N–H and O–H groups in total. The predicted octanol–water partition coefficient (Wildman–Crippen LogP) is 2.15. The van der Waals surface area contributed by atoms with Crippen molar-refractivity contribution in [3.05, 3.63) is 23.8 Å². The number of nitrogens with two attached hydrogens (primary N) is 1. The van der Waals surface area contributed by atoms with Crippen LogP contribution in [0.15, 0.2) is 18.2 Å². The van der Waals surface area contributed by atoms with E-state index in [-0.39, 0.29) is 5.78 Å². The number of anilines is 2. The summed E-state index contributed by atoms with van der Waals surface area (Å²) < 4.78 is 0. The molecule has 108 valence electrons. The lowest BCUT2D eigenvalue weighted by atomic mass is 10.1. The maximum Gasteiger partial charge on any atom is 0.161 e. The summed E-state index contributed by atoms with van der Waals surface area (Å²) in [6.45, 7) is 6.23. The third-order valence-electron chi connectivity index (χ3n) is 4.60. The fourth-order valence-electron chi connectivity index (χ4n) is 3.45. The molecule has 0 aliphatic carbocycles. The maximum atomic E-state index is 11.4. The van der Waals surface area contributed by atoms with Crippen LogP contribution < -0.4 is 10.6 Å². The van der Waals surface area contributed by atoms with E-state index in [1.54, 1.807) is 6.92 Å². The lowest BCUT2D eigenvalue weighted by Crippen LogP contribution is -2.35. The summed E-state index contributed by atoms with van der Waals surface area (Å²) in [5.74, 6) is 0.0328. The van der Waals surface area contributed by atoms with E-state index in [1.807, 2.05) is 18.2 Å². The number of nitrogen functional groups attached to an aromatic ring is 1. The van der Waals surface area contributed by atoms with Crippen molar-refractivity contribution < 1.29 is 4.79 Å². The SMILES string of the molecule is CC(=O)c1ccc(N2CCC(N3CCCC3)C2)cc1N. The Bertz CT molecular complexity index is 508. The Morgan fingerprint density at radius 3 is 2.65 bits per heavy atom. The molecule has 0 spiro atoms. The molecule has 4 heteroatoms. The van der Waals surface area contributed by atoms with Gasteiger partial charge in [-0.2, -0.15) is 0 Å². The molecular weight excluding hydrogens is 250 g/mol. The van der Waals surface area contributed by atoms with Gasteiger partial charge < -0.3 is 10.6 Å². The van der Waals surface area contributed by atoms with Crippen LogP contribution in [0.5, 0.6) is 0 Å². The molecule has 2 aliphatic rings. The summed E-state index contributed by atoms with van der Waals surface area (Å²) in [6.07, 6.45) is 3.92. The highest BCUT2D eigenvalue weighted by molar-refractivity contribution is 5.99. The molecule has 3 rings (SSSR count).